The van der Waals surface area contributed by atoms with Gasteiger partial charge < -0.3 is 14.3 Å². The number of furan rings is 1. The van der Waals surface area contributed by atoms with Crippen molar-refractivity contribution in [1.82, 2.24) is 4.90 Å². The van der Waals surface area contributed by atoms with E-state index in [0.29, 0.717) is 25.6 Å². The molecule has 146 valence electrons. The smallest absolute Gasteiger partial charge is 0.118 e. The molecule has 4 nitrogen and oxygen atoms in total. The Morgan fingerprint density at radius 2 is 2.07 bits per heavy atom. The maximum Gasteiger partial charge on any atom is 0.118 e. The summed E-state index contributed by atoms with van der Waals surface area (Å²) in [6.07, 6.45) is 4.17. The number of fused-ring (bicyclic) bond motifs is 1. The van der Waals surface area contributed by atoms with Crippen molar-refractivity contribution in [2.45, 2.75) is 57.3 Å². The van der Waals surface area contributed by atoms with Crippen molar-refractivity contribution in [2.24, 2.45) is 5.92 Å². The number of aliphatic hydroxyl groups excluding tert-OH is 1. The van der Waals surface area contributed by atoms with Crippen molar-refractivity contribution >= 4 is 0 Å². The number of aryl methyl sites for hydroxylation is 1. The number of rotatable bonds is 8. The molecule has 0 radical (unpaired) electrons. The van der Waals surface area contributed by atoms with Gasteiger partial charge in [-0.25, -0.2) is 0 Å². The first kappa shape index (κ1) is 18.7. The fourth-order valence-corrected chi connectivity index (χ4v) is 4.25. The summed E-state index contributed by atoms with van der Waals surface area (Å²) < 4.78 is 12.0. The van der Waals surface area contributed by atoms with Crippen molar-refractivity contribution < 1.29 is 14.3 Å². The summed E-state index contributed by atoms with van der Waals surface area (Å²) in [6, 6.07) is 12.7. The number of hydrogen-bond donors (Lipinski definition) is 1. The standard InChI is InChI=1S/C23H31NO3/c1-16-12-21(16)23-11-10-19(27-23)14-24(2)13-18(25)15-26-22-9-5-7-17-6-3-4-8-20(17)22/h3-4,6,8,10-11,16,18,21-22,25H,5,7,9,12-15H2,1-2H3. The molecular weight excluding hydrogens is 338 g/mol. The predicted octanol–water partition coefficient (Wildman–Crippen LogP) is 4.29. The van der Waals surface area contributed by atoms with Crippen LogP contribution in [-0.4, -0.2) is 36.3 Å². The zero-order valence-electron chi connectivity index (χ0n) is 16.4. The number of nitrogens with zero attached hydrogens (tertiary/aromatic N) is 1. The minimum Gasteiger partial charge on any atom is -0.464 e. The average Bonchev–Trinajstić information content (AvgIpc) is 3.21. The Bertz CT molecular complexity index is 756. The molecule has 2 aliphatic rings. The molecular formula is C23H31NO3. The summed E-state index contributed by atoms with van der Waals surface area (Å²) in [7, 11) is 2.01. The van der Waals surface area contributed by atoms with Gasteiger partial charge in [0, 0.05) is 12.5 Å². The van der Waals surface area contributed by atoms with Gasteiger partial charge in [-0.3, -0.25) is 4.90 Å². The summed E-state index contributed by atoms with van der Waals surface area (Å²) in [6.45, 7) is 3.92. The number of aliphatic hydroxyl groups is 1. The van der Waals surface area contributed by atoms with Crippen LogP contribution < -0.4 is 0 Å². The van der Waals surface area contributed by atoms with Crippen LogP contribution in [0.3, 0.4) is 0 Å². The van der Waals surface area contributed by atoms with Gasteiger partial charge in [-0.05, 0) is 61.9 Å². The summed E-state index contributed by atoms with van der Waals surface area (Å²) in [5.74, 6) is 3.46. The zero-order chi connectivity index (χ0) is 18.8. The lowest BCUT2D eigenvalue weighted by Crippen LogP contribution is -2.32. The highest BCUT2D eigenvalue weighted by Crippen LogP contribution is 2.47. The molecule has 4 rings (SSSR count). The van der Waals surface area contributed by atoms with E-state index < -0.39 is 6.10 Å². The van der Waals surface area contributed by atoms with Crippen molar-refractivity contribution in [3.63, 3.8) is 0 Å². The molecule has 0 spiro atoms. The van der Waals surface area contributed by atoms with Gasteiger partial charge in [-0.2, -0.15) is 0 Å². The Balaban J connectivity index is 1.23. The number of hydrogen-bond acceptors (Lipinski definition) is 4. The van der Waals surface area contributed by atoms with Gasteiger partial charge in [0.05, 0.1) is 25.4 Å². The van der Waals surface area contributed by atoms with E-state index in [9.17, 15) is 5.11 Å². The fourth-order valence-electron chi connectivity index (χ4n) is 4.25. The van der Waals surface area contributed by atoms with E-state index in [1.54, 1.807) is 0 Å². The molecule has 1 heterocycles. The summed E-state index contributed by atoms with van der Waals surface area (Å²) in [5, 5.41) is 10.4. The van der Waals surface area contributed by atoms with E-state index >= 15 is 0 Å². The number of ether oxygens (including phenoxy) is 1. The third kappa shape index (κ3) is 4.63. The SMILES string of the molecule is CC1CC1c1ccc(CN(C)CC(O)COC2CCCc3ccccc32)o1. The molecule has 1 fully saturated rings. The molecule has 1 N–H and O–H groups in total. The third-order valence-electron chi connectivity index (χ3n) is 5.91. The normalized spacial score (nSPS) is 25.4. The molecule has 4 heteroatoms. The summed E-state index contributed by atoms with van der Waals surface area (Å²) >= 11 is 0. The van der Waals surface area contributed by atoms with Gasteiger partial charge in [0.1, 0.15) is 11.5 Å². The molecule has 4 unspecified atom stereocenters. The van der Waals surface area contributed by atoms with E-state index in [2.05, 4.69) is 48.2 Å². The van der Waals surface area contributed by atoms with Crippen LogP contribution in [0.4, 0.5) is 0 Å². The van der Waals surface area contributed by atoms with E-state index in [1.807, 2.05) is 7.05 Å². The summed E-state index contributed by atoms with van der Waals surface area (Å²) in [5.41, 5.74) is 2.68. The monoisotopic (exact) mass is 369 g/mol. The first-order chi connectivity index (χ1) is 13.1. The van der Waals surface area contributed by atoms with Crippen LogP contribution in [0.1, 0.15) is 60.9 Å². The van der Waals surface area contributed by atoms with Crippen LogP contribution in [0.5, 0.6) is 0 Å². The molecule has 0 amide bonds. The quantitative estimate of drug-likeness (QED) is 0.754. The van der Waals surface area contributed by atoms with Crippen molar-refractivity contribution in [3.8, 4) is 0 Å². The number of likely N-dealkylation sites (N-methyl/N-ethyl adjacent to an activating group) is 1. The van der Waals surface area contributed by atoms with Gasteiger partial charge in [0.25, 0.3) is 0 Å². The highest BCUT2D eigenvalue weighted by molar-refractivity contribution is 5.31. The third-order valence-corrected chi connectivity index (χ3v) is 5.91. The van der Waals surface area contributed by atoms with E-state index in [-0.39, 0.29) is 6.10 Å². The van der Waals surface area contributed by atoms with Crippen LogP contribution in [0, 0.1) is 5.92 Å². The molecule has 1 aromatic heterocycles. The lowest BCUT2D eigenvalue weighted by molar-refractivity contribution is -0.0270. The first-order valence-corrected chi connectivity index (χ1v) is 10.2. The first-order valence-electron chi connectivity index (χ1n) is 10.2. The van der Waals surface area contributed by atoms with Crippen LogP contribution in [0.2, 0.25) is 0 Å². The van der Waals surface area contributed by atoms with E-state index in [0.717, 1.165) is 36.7 Å². The second kappa shape index (κ2) is 8.17. The average molecular weight is 370 g/mol. The van der Waals surface area contributed by atoms with Crippen molar-refractivity contribution in [1.29, 1.82) is 0 Å². The zero-order valence-corrected chi connectivity index (χ0v) is 16.4. The minimum absolute atomic E-state index is 0.114. The maximum atomic E-state index is 10.4. The minimum atomic E-state index is -0.498. The van der Waals surface area contributed by atoms with Crippen LogP contribution in [-0.2, 0) is 17.7 Å². The second-order valence-corrected chi connectivity index (χ2v) is 8.39. The molecule has 2 aromatic rings. The Morgan fingerprint density at radius 1 is 1.26 bits per heavy atom. The van der Waals surface area contributed by atoms with Gasteiger partial charge in [-0.1, -0.05) is 31.2 Å². The molecule has 1 saturated carbocycles. The lowest BCUT2D eigenvalue weighted by atomic mass is 9.89. The molecule has 0 aliphatic heterocycles. The van der Waals surface area contributed by atoms with Crippen LogP contribution in [0.15, 0.2) is 40.8 Å². The molecule has 4 atom stereocenters. The Labute approximate surface area is 162 Å². The molecule has 2 aliphatic carbocycles. The largest absolute Gasteiger partial charge is 0.464 e. The maximum absolute atomic E-state index is 10.4. The Kier molecular flexibility index (Phi) is 5.67. The van der Waals surface area contributed by atoms with Gasteiger partial charge in [0.2, 0.25) is 0 Å². The van der Waals surface area contributed by atoms with Gasteiger partial charge in [-0.15, -0.1) is 0 Å². The lowest BCUT2D eigenvalue weighted by Gasteiger charge is -2.27. The highest BCUT2D eigenvalue weighted by atomic mass is 16.5. The van der Waals surface area contributed by atoms with Crippen molar-refractivity contribution in [3.05, 3.63) is 59.0 Å². The van der Waals surface area contributed by atoms with Gasteiger partial charge >= 0.3 is 0 Å². The number of benzene rings is 1. The Hall–Kier alpha value is -1.62. The second-order valence-electron chi connectivity index (χ2n) is 8.39. The molecule has 1 aromatic carbocycles. The van der Waals surface area contributed by atoms with Crippen LogP contribution >= 0.6 is 0 Å². The van der Waals surface area contributed by atoms with E-state index in [4.69, 9.17) is 9.15 Å². The molecule has 0 bridgehead atoms. The highest BCUT2D eigenvalue weighted by Gasteiger charge is 2.36. The fraction of sp³-hybridized carbons (Fsp3) is 0.565. The topological polar surface area (TPSA) is 45.8 Å². The van der Waals surface area contributed by atoms with Gasteiger partial charge in [0.15, 0.2) is 0 Å². The Morgan fingerprint density at radius 3 is 2.89 bits per heavy atom. The van der Waals surface area contributed by atoms with Crippen molar-refractivity contribution in [2.75, 3.05) is 20.2 Å². The molecule has 0 saturated heterocycles. The predicted molar refractivity (Wildman–Crippen MR) is 106 cm³/mol. The molecule has 27 heavy (non-hydrogen) atoms. The van der Waals surface area contributed by atoms with E-state index in [1.165, 1.54) is 17.5 Å². The summed E-state index contributed by atoms with van der Waals surface area (Å²) in [4.78, 5) is 2.10. The van der Waals surface area contributed by atoms with Crippen LogP contribution in [0.25, 0.3) is 0 Å².